The molecule has 1 saturated carbocycles. The summed E-state index contributed by atoms with van der Waals surface area (Å²) in [5.74, 6) is 0.900. The van der Waals surface area contributed by atoms with Crippen LogP contribution in [0.15, 0.2) is 12.1 Å². The first-order valence-corrected chi connectivity index (χ1v) is 7.97. The van der Waals surface area contributed by atoms with Gasteiger partial charge in [0.15, 0.2) is 0 Å². The van der Waals surface area contributed by atoms with Gasteiger partial charge in [0, 0.05) is 25.2 Å². The van der Waals surface area contributed by atoms with Gasteiger partial charge in [-0.1, -0.05) is 17.7 Å². The van der Waals surface area contributed by atoms with E-state index in [1.54, 1.807) is 0 Å². The molecule has 1 aliphatic carbocycles. The van der Waals surface area contributed by atoms with Gasteiger partial charge in [-0.05, 0) is 70.1 Å². The summed E-state index contributed by atoms with van der Waals surface area (Å²) in [5.41, 5.74) is 11.7. The molecule has 20 heavy (non-hydrogen) atoms. The topological polar surface area (TPSA) is 29.3 Å². The van der Waals surface area contributed by atoms with Crippen molar-refractivity contribution in [2.75, 3.05) is 13.1 Å². The zero-order valence-corrected chi connectivity index (χ0v) is 13.7. The predicted octanol–water partition coefficient (Wildman–Crippen LogP) is 3.73. The second-order valence-corrected chi connectivity index (χ2v) is 6.80. The van der Waals surface area contributed by atoms with E-state index in [1.165, 1.54) is 41.6 Å². The third-order valence-corrected chi connectivity index (χ3v) is 4.52. The van der Waals surface area contributed by atoms with Crippen molar-refractivity contribution in [3.05, 3.63) is 34.4 Å². The number of benzene rings is 1. The summed E-state index contributed by atoms with van der Waals surface area (Å²) in [4.78, 5) is 2.61. The molecule has 0 heterocycles. The fourth-order valence-electron chi connectivity index (χ4n) is 3.43. The zero-order valence-electron chi connectivity index (χ0n) is 13.7. The molecule has 2 N–H and O–H groups in total. The van der Waals surface area contributed by atoms with E-state index in [0.29, 0.717) is 18.6 Å². The molecule has 1 unspecified atom stereocenters. The molecular weight excluding hydrogens is 244 g/mol. The Bertz CT molecular complexity index is 437. The quantitative estimate of drug-likeness (QED) is 0.856. The van der Waals surface area contributed by atoms with Crippen molar-refractivity contribution in [1.82, 2.24) is 4.90 Å². The smallest absolute Gasteiger partial charge is 0.0478 e. The Hall–Kier alpha value is -0.860. The SMILES string of the molecule is Cc1cc(C)c(C(CN)N(CC2CC2)C(C)C)c(C)c1. The van der Waals surface area contributed by atoms with Crippen molar-refractivity contribution >= 4 is 0 Å². The Morgan fingerprint density at radius 3 is 2.10 bits per heavy atom. The molecule has 2 rings (SSSR count). The fourth-order valence-corrected chi connectivity index (χ4v) is 3.43. The van der Waals surface area contributed by atoms with Gasteiger partial charge in [-0.2, -0.15) is 0 Å². The van der Waals surface area contributed by atoms with Crippen LogP contribution in [0.25, 0.3) is 0 Å². The molecule has 1 aliphatic rings. The standard InChI is InChI=1S/C18H30N2/c1-12(2)20(11-16-6-7-16)17(10-19)18-14(4)8-13(3)9-15(18)5/h8-9,12,16-17H,6-7,10-11,19H2,1-5H3. The third kappa shape index (κ3) is 3.42. The number of nitrogens with zero attached hydrogens (tertiary/aromatic N) is 1. The first-order valence-electron chi connectivity index (χ1n) is 7.97. The first kappa shape index (κ1) is 15.5. The van der Waals surface area contributed by atoms with Crippen molar-refractivity contribution in [2.45, 2.75) is 59.5 Å². The maximum Gasteiger partial charge on any atom is 0.0478 e. The Morgan fingerprint density at radius 1 is 1.15 bits per heavy atom. The lowest BCUT2D eigenvalue weighted by atomic mass is 9.92. The van der Waals surface area contributed by atoms with Gasteiger partial charge in [0.25, 0.3) is 0 Å². The molecule has 2 heteroatoms. The molecule has 0 amide bonds. The maximum atomic E-state index is 6.17. The number of hydrogen-bond acceptors (Lipinski definition) is 2. The highest BCUT2D eigenvalue weighted by Crippen LogP contribution is 2.35. The minimum Gasteiger partial charge on any atom is -0.329 e. The van der Waals surface area contributed by atoms with E-state index < -0.39 is 0 Å². The molecule has 1 atom stereocenters. The van der Waals surface area contributed by atoms with Gasteiger partial charge < -0.3 is 5.73 Å². The fraction of sp³-hybridized carbons (Fsp3) is 0.667. The van der Waals surface area contributed by atoms with Gasteiger partial charge >= 0.3 is 0 Å². The second-order valence-electron chi connectivity index (χ2n) is 6.80. The monoisotopic (exact) mass is 274 g/mol. The van der Waals surface area contributed by atoms with Crippen LogP contribution in [0.2, 0.25) is 0 Å². The highest BCUT2D eigenvalue weighted by Gasteiger charge is 2.31. The van der Waals surface area contributed by atoms with Crippen molar-refractivity contribution in [2.24, 2.45) is 11.7 Å². The van der Waals surface area contributed by atoms with Crippen molar-refractivity contribution < 1.29 is 0 Å². The molecule has 1 aromatic carbocycles. The molecule has 2 nitrogen and oxygen atoms in total. The molecule has 0 saturated heterocycles. The molecule has 0 aromatic heterocycles. The van der Waals surface area contributed by atoms with Crippen LogP contribution in [0.4, 0.5) is 0 Å². The van der Waals surface area contributed by atoms with Crippen LogP contribution < -0.4 is 5.73 Å². The summed E-state index contributed by atoms with van der Waals surface area (Å²) in [6, 6.07) is 5.49. The number of nitrogens with two attached hydrogens (primary N) is 1. The number of aryl methyl sites for hydroxylation is 3. The predicted molar refractivity (Wildman–Crippen MR) is 87.0 cm³/mol. The van der Waals surface area contributed by atoms with Gasteiger partial charge in [-0.3, -0.25) is 4.90 Å². The van der Waals surface area contributed by atoms with Crippen LogP contribution >= 0.6 is 0 Å². The van der Waals surface area contributed by atoms with E-state index in [-0.39, 0.29) is 0 Å². The molecule has 0 aliphatic heterocycles. The van der Waals surface area contributed by atoms with E-state index in [0.717, 1.165) is 5.92 Å². The Kier molecular flexibility index (Phi) is 4.87. The minimum absolute atomic E-state index is 0.358. The summed E-state index contributed by atoms with van der Waals surface area (Å²) >= 11 is 0. The lowest BCUT2D eigenvalue weighted by Gasteiger charge is -2.36. The van der Waals surface area contributed by atoms with Crippen LogP contribution in [0.5, 0.6) is 0 Å². The van der Waals surface area contributed by atoms with Gasteiger partial charge in [0.1, 0.15) is 0 Å². The molecule has 1 aromatic rings. The maximum absolute atomic E-state index is 6.17. The highest BCUT2D eigenvalue weighted by atomic mass is 15.2. The van der Waals surface area contributed by atoms with Gasteiger partial charge in [-0.15, -0.1) is 0 Å². The normalized spacial score (nSPS) is 17.0. The van der Waals surface area contributed by atoms with Gasteiger partial charge in [0.05, 0.1) is 0 Å². The summed E-state index contributed by atoms with van der Waals surface area (Å²) in [6.45, 7) is 13.1. The Morgan fingerprint density at radius 2 is 1.70 bits per heavy atom. The van der Waals surface area contributed by atoms with Gasteiger partial charge in [-0.25, -0.2) is 0 Å². The largest absolute Gasteiger partial charge is 0.329 e. The van der Waals surface area contributed by atoms with E-state index in [9.17, 15) is 0 Å². The van der Waals surface area contributed by atoms with Crippen molar-refractivity contribution in [1.29, 1.82) is 0 Å². The summed E-state index contributed by atoms with van der Waals surface area (Å²) in [7, 11) is 0. The van der Waals surface area contributed by atoms with Crippen LogP contribution in [-0.4, -0.2) is 24.0 Å². The molecule has 0 radical (unpaired) electrons. The third-order valence-electron chi connectivity index (χ3n) is 4.52. The molecule has 0 bridgehead atoms. The molecule has 112 valence electrons. The first-order chi connectivity index (χ1) is 9.43. The second kappa shape index (κ2) is 6.28. The minimum atomic E-state index is 0.358. The number of hydrogen-bond donors (Lipinski definition) is 1. The Balaban J connectivity index is 2.34. The average molecular weight is 274 g/mol. The molecular formula is C18H30N2. The number of rotatable bonds is 6. The van der Waals surface area contributed by atoms with E-state index in [2.05, 4.69) is 51.7 Å². The van der Waals surface area contributed by atoms with Gasteiger partial charge in [0.2, 0.25) is 0 Å². The lowest BCUT2D eigenvalue weighted by molar-refractivity contribution is 0.149. The van der Waals surface area contributed by atoms with Crippen LogP contribution in [0.1, 0.15) is 55.0 Å². The Labute approximate surface area is 124 Å². The van der Waals surface area contributed by atoms with Crippen LogP contribution in [-0.2, 0) is 0 Å². The summed E-state index contributed by atoms with van der Waals surface area (Å²) in [5, 5.41) is 0. The average Bonchev–Trinajstić information content (AvgIpc) is 3.14. The van der Waals surface area contributed by atoms with E-state index in [1.807, 2.05) is 0 Å². The van der Waals surface area contributed by atoms with Crippen LogP contribution in [0, 0.1) is 26.7 Å². The van der Waals surface area contributed by atoms with E-state index >= 15 is 0 Å². The molecule has 0 spiro atoms. The lowest BCUT2D eigenvalue weighted by Crippen LogP contribution is -2.40. The summed E-state index contributed by atoms with van der Waals surface area (Å²) in [6.07, 6.45) is 2.79. The van der Waals surface area contributed by atoms with Crippen molar-refractivity contribution in [3.8, 4) is 0 Å². The highest BCUT2D eigenvalue weighted by molar-refractivity contribution is 5.40. The van der Waals surface area contributed by atoms with Crippen LogP contribution in [0.3, 0.4) is 0 Å². The zero-order chi connectivity index (χ0) is 14.9. The van der Waals surface area contributed by atoms with E-state index in [4.69, 9.17) is 5.73 Å². The molecule has 1 fully saturated rings. The summed E-state index contributed by atoms with van der Waals surface area (Å²) < 4.78 is 0. The van der Waals surface area contributed by atoms with Crippen molar-refractivity contribution in [3.63, 3.8) is 0 Å².